The number of rotatable bonds is 4. The Morgan fingerprint density at radius 2 is 2.38 bits per heavy atom. The van der Waals surface area contributed by atoms with Crippen LogP contribution in [-0.4, -0.2) is 30.0 Å². The first kappa shape index (κ1) is 10.2. The molecule has 0 radical (unpaired) electrons. The summed E-state index contributed by atoms with van der Waals surface area (Å²) in [7, 11) is 2.07. The van der Waals surface area contributed by atoms with Crippen LogP contribution in [0.2, 0.25) is 0 Å². The molecule has 1 unspecified atom stereocenters. The van der Waals surface area contributed by atoms with Crippen LogP contribution < -0.4 is 5.73 Å². The molecular weight excluding hydrogens is 162 g/mol. The third-order valence-electron chi connectivity index (χ3n) is 2.32. The van der Waals surface area contributed by atoms with Gasteiger partial charge in [0, 0.05) is 25.0 Å². The maximum absolute atomic E-state index is 5.71. The van der Waals surface area contributed by atoms with Crippen LogP contribution in [-0.2, 0) is 0 Å². The zero-order chi connectivity index (χ0) is 9.68. The highest BCUT2D eigenvalue weighted by atomic mass is 15.1. The fourth-order valence-corrected chi connectivity index (χ4v) is 1.36. The van der Waals surface area contributed by atoms with Crippen molar-refractivity contribution in [2.75, 3.05) is 20.1 Å². The minimum absolute atomic E-state index is 0.290. The molecule has 0 aliphatic carbocycles. The monoisotopic (exact) mass is 179 g/mol. The Bertz CT molecular complexity index is 235. The first-order valence-corrected chi connectivity index (χ1v) is 4.59. The van der Waals surface area contributed by atoms with Crippen molar-refractivity contribution in [3.05, 3.63) is 30.1 Å². The summed E-state index contributed by atoms with van der Waals surface area (Å²) in [6.45, 7) is 3.76. The Balaban J connectivity index is 2.78. The van der Waals surface area contributed by atoms with E-state index in [-0.39, 0.29) is 0 Å². The van der Waals surface area contributed by atoms with Gasteiger partial charge in [0.2, 0.25) is 0 Å². The summed E-state index contributed by atoms with van der Waals surface area (Å²) in [5.74, 6) is 0. The Labute approximate surface area is 79.6 Å². The Hall–Kier alpha value is -0.930. The SMILES string of the molecule is CCN(C)C(CN)c1cccnc1. The van der Waals surface area contributed by atoms with E-state index in [9.17, 15) is 0 Å². The van der Waals surface area contributed by atoms with Gasteiger partial charge < -0.3 is 5.73 Å². The van der Waals surface area contributed by atoms with Crippen molar-refractivity contribution in [2.45, 2.75) is 13.0 Å². The van der Waals surface area contributed by atoms with Crippen LogP contribution in [0.25, 0.3) is 0 Å². The maximum atomic E-state index is 5.71. The number of hydrogen-bond acceptors (Lipinski definition) is 3. The summed E-state index contributed by atoms with van der Waals surface area (Å²) in [5, 5.41) is 0. The molecule has 0 aliphatic rings. The molecule has 0 aromatic carbocycles. The Morgan fingerprint density at radius 3 is 2.85 bits per heavy atom. The lowest BCUT2D eigenvalue weighted by atomic mass is 10.1. The van der Waals surface area contributed by atoms with Crippen molar-refractivity contribution in [1.82, 2.24) is 9.88 Å². The highest BCUT2D eigenvalue weighted by Gasteiger charge is 2.12. The molecule has 0 bridgehead atoms. The van der Waals surface area contributed by atoms with E-state index in [1.807, 2.05) is 12.3 Å². The van der Waals surface area contributed by atoms with Crippen molar-refractivity contribution in [3.8, 4) is 0 Å². The Kier molecular flexibility index (Phi) is 3.86. The summed E-state index contributed by atoms with van der Waals surface area (Å²) in [6, 6.07) is 4.30. The summed E-state index contributed by atoms with van der Waals surface area (Å²) >= 11 is 0. The lowest BCUT2D eigenvalue weighted by Crippen LogP contribution is -2.30. The molecule has 2 N–H and O–H groups in total. The predicted octanol–water partition coefficient (Wildman–Crippen LogP) is 1.03. The second kappa shape index (κ2) is 4.94. The van der Waals surface area contributed by atoms with Crippen LogP contribution in [0, 0.1) is 0 Å². The fourth-order valence-electron chi connectivity index (χ4n) is 1.36. The van der Waals surface area contributed by atoms with Gasteiger partial charge in [-0.1, -0.05) is 13.0 Å². The number of hydrogen-bond donors (Lipinski definition) is 1. The molecule has 1 heterocycles. The third-order valence-corrected chi connectivity index (χ3v) is 2.32. The standard InChI is InChI=1S/C10H17N3/c1-3-13(2)10(7-11)9-5-4-6-12-8-9/h4-6,8,10H,3,7,11H2,1-2H3. The predicted molar refractivity (Wildman–Crippen MR) is 54.3 cm³/mol. The van der Waals surface area contributed by atoms with Crippen molar-refractivity contribution < 1.29 is 0 Å². The summed E-state index contributed by atoms with van der Waals surface area (Å²) < 4.78 is 0. The van der Waals surface area contributed by atoms with Gasteiger partial charge in [-0.25, -0.2) is 0 Å². The normalized spacial score (nSPS) is 13.2. The zero-order valence-corrected chi connectivity index (χ0v) is 8.27. The molecule has 3 nitrogen and oxygen atoms in total. The third kappa shape index (κ3) is 2.50. The molecule has 72 valence electrons. The summed E-state index contributed by atoms with van der Waals surface area (Å²) in [6.07, 6.45) is 3.66. The topological polar surface area (TPSA) is 42.1 Å². The van der Waals surface area contributed by atoms with E-state index in [0.29, 0.717) is 12.6 Å². The van der Waals surface area contributed by atoms with Crippen molar-refractivity contribution >= 4 is 0 Å². The van der Waals surface area contributed by atoms with Gasteiger partial charge in [-0.15, -0.1) is 0 Å². The minimum Gasteiger partial charge on any atom is -0.329 e. The van der Waals surface area contributed by atoms with E-state index in [0.717, 1.165) is 6.54 Å². The average molecular weight is 179 g/mol. The maximum Gasteiger partial charge on any atom is 0.0482 e. The van der Waals surface area contributed by atoms with Gasteiger partial charge in [-0.05, 0) is 25.2 Å². The van der Waals surface area contributed by atoms with Crippen molar-refractivity contribution in [2.24, 2.45) is 5.73 Å². The van der Waals surface area contributed by atoms with E-state index in [1.165, 1.54) is 5.56 Å². The molecule has 1 atom stereocenters. The van der Waals surface area contributed by atoms with Crippen LogP contribution in [0.1, 0.15) is 18.5 Å². The first-order chi connectivity index (χ1) is 6.29. The highest BCUT2D eigenvalue weighted by Crippen LogP contribution is 2.15. The molecule has 0 aliphatic heterocycles. The molecule has 0 amide bonds. The zero-order valence-electron chi connectivity index (χ0n) is 8.27. The lowest BCUT2D eigenvalue weighted by molar-refractivity contribution is 0.263. The number of nitrogens with two attached hydrogens (primary N) is 1. The molecule has 0 saturated carbocycles. The van der Waals surface area contributed by atoms with E-state index >= 15 is 0 Å². The lowest BCUT2D eigenvalue weighted by Gasteiger charge is -2.25. The van der Waals surface area contributed by atoms with Gasteiger partial charge in [0.25, 0.3) is 0 Å². The molecule has 1 aromatic rings. The van der Waals surface area contributed by atoms with Gasteiger partial charge in [-0.2, -0.15) is 0 Å². The quantitative estimate of drug-likeness (QED) is 0.750. The molecule has 3 heteroatoms. The smallest absolute Gasteiger partial charge is 0.0482 e. The fraction of sp³-hybridized carbons (Fsp3) is 0.500. The van der Waals surface area contributed by atoms with Crippen molar-refractivity contribution in [3.63, 3.8) is 0 Å². The summed E-state index contributed by atoms with van der Waals surface area (Å²) in [4.78, 5) is 6.31. The van der Waals surface area contributed by atoms with E-state index in [1.54, 1.807) is 6.20 Å². The van der Waals surface area contributed by atoms with Crippen LogP contribution in [0.3, 0.4) is 0 Å². The van der Waals surface area contributed by atoms with Crippen LogP contribution in [0.4, 0.5) is 0 Å². The molecule has 1 aromatic heterocycles. The van der Waals surface area contributed by atoms with Gasteiger partial charge in [0.1, 0.15) is 0 Å². The molecule has 1 rings (SSSR count). The van der Waals surface area contributed by atoms with Gasteiger partial charge in [0.15, 0.2) is 0 Å². The first-order valence-electron chi connectivity index (χ1n) is 4.59. The molecule has 0 saturated heterocycles. The van der Waals surface area contributed by atoms with Crippen LogP contribution in [0.15, 0.2) is 24.5 Å². The minimum atomic E-state index is 0.290. The van der Waals surface area contributed by atoms with E-state index in [2.05, 4.69) is 29.9 Å². The largest absolute Gasteiger partial charge is 0.329 e. The van der Waals surface area contributed by atoms with Crippen LogP contribution >= 0.6 is 0 Å². The average Bonchev–Trinajstić information content (AvgIpc) is 2.20. The molecule has 0 spiro atoms. The number of nitrogens with zero attached hydrogens (tertiary/aromatic N) is 2. The van der Waals surface area contributed by atoms with Crippen LogP contribution in [0.5, 0.6) is 0 Å². The number of likely N-dealkylation sites (N-methyl/N-ethyl adjacent to an activating group) is 1. The van der Waals surface area contributed by atoms with Gasteiger partial charge in [-0.3, -0.25) is 9.88 Å². The Morgan fingerprint density at radius 1 is 1.62 bits per heavy atom. The molecular formula is C10H17N3. The molecule has 13 heavy (non-hydrogen) atoms. The number of aromatic nitrogens is 1. The molecule has 0 fully saturated rings. The second-order valence-corrected chi connectivity index (χ2v) is 3.11. The van der Waals surface area contributed by atoms with Gasteiger partial charge >= 0.3 is 0 Å². The second-order valence-electron chi connectivity index (χ2n) is 3.11. The highest BCUT2D eigenvalue weighted by molar-refractivity contribution is 5.14. The van der Waals surface area contributed by atoms with Gasteiger partial charge in [0.05, 0.1) is 0 Å². The van der Waals surface area contributed by atoms with Crippen molar-refractivity contribution in [1.29, 1.82) is 0 Å². The van der Waals surface area contributed by atoms with E-state index in [4.69, 9.17) is 5.73 Å². The number of pyridine rings is 1. The van der Waals surface area contributed by atoms with E-state index < -0.39 is 0 Å². The summed E-state index contributed by atoms with van der Waals surface area (Å²) in [5.41, 5.74) is 6.90.